The number of hydrogen-bond acceptors (Lipinski definition) is 10. The van der Waals surface area contributed by atoms with Crippen molar-refractivity contribution in [2.45, 2.75) is 90.0 Å². The number of aromatic nitrogens is 2. The van der Waals surface area contributed by atoms with Crippen molar-refractivity contribution >= 4 is 41.5 Å². The Bertz CT molecular complexity index is 1500. The molecule has 0 spiro atoms. The van der Waals surface area contributed by atoms with Crippen LogP contribution >= 0.6 is 0 Å². The van der Waals surface area contributed by atoms with E-state index in [1.807, 2.05) is 20.8 Å². The zero-order valence-electron chi connectivity index (χ0n) is 29.0. The molecule has 1 aromatic heterocycles. The van der Waals surface area contributed by atoms with Crippen LogP contribution in [-0.2, 0) is 46.4 Å². The minimum Gasteiger partial charge on any atom is -0.508 e. The predicted octanol–water partition coefficient (Wildman–Crippen LogP) is -1.07. The number of aromatic amines is 1. The minimum absolute atomic E-state index is 0.0557. The Hall–Kier alpha value is -5.52. The number of carboxylic acid groups (broad SMARTS) is 2. The summed E-state index contributed by atoms with van der Waals surface area (Å²) in [6.45, 7) is 6.84. The summed E-state index contributed by atoms with van der Waals surface area (Å²) in [5.74, 6) is -7.47. The van der Waals surface area contributed by atoms with Crippen LogP contribution in [0.5, 0.6) is 5.75 Å². The van der Waals surface area contributed by atoms with Gasteiger partial charge in [0.05, 0.1) is 19.3 Å². The Kier molecular flexibility index (Phi) is 16.5. The van der Waals surface area contributed by atoms with E-state index in [9.17, 15) is 48.9 Å². The number of amides is 5. The van der Waals surface area contributed by atoms with Gasteiger partial charge in [0, 0.05) is 24.7 Å². The van der Waals surface area contributed by atoms with Crippen molar-refractivity contribution in [3.63, 3.8) is 0 Å². The minimum atomic E-state index is -1.76. The normalized spacial score (nSPS) is 14.5. The number of carbonyl (C=O) groups is 7. The highest BCUT2D eigenvalue weighted by molar-refractivity contribution is 5.97. The van der Waals surface area contributed by atoms with Gasteiger partial charge in [-0.05, 0) is 36.0 Å². The topological polar surface area (TPSA) is 295 Å². The summed E-state index contributed by atoms with van der Waals surface area (Å²) < 4.78 is 0. The number of phenols is 1. The maximum absolute atomic E-state index is 13.7. The van der Waals surface area contributed by atoms with Crippen molar-refractivity contribution in [1.82, 2.24) is 36.6 Å². The molecule has 280 valence electrons. The third kappa shape index (κ3) is 14.1. The highest BCUT2D eigenvalue weighted by Crippen LogP contribution is 2.13. The van der Waals surface area contributed by atoms with Crippen LogP contribution in [0, 0.1) is 11.8 Å². The van der Waals surface area contributed by atoms with Crippen molar-refractivity contribution in [2.24, 2.45) is 17.6 Å². The summed E-state index contributed by atoms with van der Waals surface area (Å²) in [6.07, 6.45) is 2.04. The summed E-state index contributed by atoms with van der Waals surface area (Å²) in [5.41, 5.74) is 6.26. The smallest absolute Gasteiger partial charge is 0.326 e. The van der Waals surface area contributed by atoms with Crippen molar-refractivity contribution in [3.05, 3.63) is 48.0 Å². The Morgan fingerprint density at radius 3 is 1.88 bits per heavy atom. The lowest BCUT2D eigenvalue weighted by Gasteiger charge is -2.28. The highest BCUT2D eigenvalue weighted by Gasteiger charge is 2.34. The number of nitrogens with one attached hydrogen (secondary N) is 6. The zero-order chi connectivity index (χ0) is 38.2. The Morgan fingerprint density at radius 2 is 1.35 bits per heavy atom. The van der Waals surface area contributed by atoms with Crippen LogP contribution in [0.1, 0.15) is 58.2 Å². The number of nitrogens with two attached hydrogens (primary N) is 1. The average Bonchev–Trinajstić information content (AvgIpc) is 3.59. The van der Waals surface area contributed by atoms with Crippen LogP contribution in [0.2, 0.25) is 0 Å². The van der Waals surface area contributed by atoms with E-state index in [2.05, 4.69) is 36.6 Å². The fraction of sp³-hybridized carbons (Fsp3) is 0.515. The maximum Gasteiger partial charge on any atom is 0.326 e. The largest absolute Gasteiger partial charge is 0.508 e. The first-order valence-electron chi connectivity index (χ1n) is 16.4. The molecule has 0 aliphatic rings. The molecule has 2 rings (SSSR count). The summed E-state index contributed by atoms with van der Waals surface area (Å²) in [4.78, 5) is 96.5. The first kappa shape index (κ1) is 41.7. The Labute approximate surface area is 294 Å². The molecule has 0 unspecified atom stereocenters. The van der Waals surface area contributed by atoms with Crippen LogP contribution in [0.4, 0.5) is 0 Å². The van der Waals surface area contributed by atoms with Crippen molar-refractivity contribution in [3.8, 4) is 5.75 Å². The van der Waals surface area contributed by atoms with Gasteiger partial charge in [0.15, 0.2) is 0 Å². The van der Waals surface area contributed by atoms with Gasteiger partial charge in [-0.1, -0.05) is 46.2 Å². The lowest BCUT2D eigenvalue weighted by atomic mass is 9.96. The molecule has 18 nitrogen and oxygen atoms in total. The van der Waals surface area contributed by atoms with E-state index in [0.29, 0.717) is 17.7 Å². The molecule has 0 aliphatic heterocycles. The monoisotopic (exact) mass is 716 g/mol. The van der Waals surface area contributed by atoms with Crippen LogP contribution in [0.25, 0.3) is 0 Å². The number of benzene rings is 1. The molecule has 0 fully saturated rings. The Morgan fingerprint density at radius 1 is 0.784 bits per heavy atom. The third-order valence-corrected chi connectivity index (χ3v) is 7.95. The number of rotatable bonds is 21. The van der Waals surface area contributed by atoms with Gasteiger partial charge in [0.2, 0.25) is 29.5 Å². The van der Waals surface area contributed by atoms with Gasteiger partial charge in [-0.25, -0.2) is 9.78 Å². The second-order valence-corrected chi connectivity index (χ2v) is 12.6. The molecule has 2 aromatic rings. The molecule has 1 aromatic carbocycles. The molecule has 5 amide bonds. The molecule has 18 heteroatoms. The lowest BCUT2D eigenvalue weighted by molar-refractivity contribution is -0.143. The van der Waals surface area contributed by atoms with E-state index >= 15 is 0 Å². The predicted molar refractivity (Wildman–Crippen MR) is 182 cm³/mol. The molecule has 1 heterocycles. The van der Waals surface area contributed by atoms with Crippen molar-refractivity contribution < 1.29 is 48.9 Å². The summed E-state index contributed by atoms with van der Waals surface area (Å²) in [6, 6.07) is -1.32. The number of aromatic hydroxyl groups is 1. The van der Waals surface area contributed by atoms with Gasteiger partial charge < -0.3 is 52.6 Å². The first-order chi connectivity index (χ1) is 24.0. The van der Waals surface area contributed by atoms with E-state index in [1.54, 1.807) is 6.92 Å². The highest BCUT2D eigenvalue weighted by atomic mass is 16.4. The molecule has 11 N–H and O–H groups in total. The molecular formula is C33H48N8O10. The molecule has 0 saturated carbocycles. The van der Waals surface area contributed by atoms with Crippen molar-refractivity contribution in [1.29, 1.82) is 0 Å². The second-order valence-electron chi connectivity index (χ2n) is 12.6. The second kappa shape index (κ2) is 20.2. The van der Waals surface area contributed by atoms with Gasteiger partial charge in [0.25, 0.3) is 0 Å². The van der Waals surface area contributed by atoms with Gasteiger partial charge in [0.1, 0.15) is 36.0 Å². The van der Waals surface area contributed by atoms with Crippen LogP contribution < -0.4 is 32.3 Å². The van der Waals surface area contributed by atoms with Gasteiger partial charge in [-0.3, -0.25) is 28.8 Å². The third-order valence-electron chi connectivity index (χ3n) is 7.95. The van der Waals surface area contributed by atoms with Gasteiger partial charge >= 0.3 is 11.9 Å². The molecule has 0 bridgehead atoms. The fourth-order valence-corrected chi connectivity index (χ4v) is 4.99. The molecule has 0 aliphatic carbocycles. The SMILES string of the molecule is CC[C@H](C)[C@H](NC(=O)CN)C(=O)N[C@@H](CC(C)C)C(=O)N[C@@H](Cc1cnc[nH]1)C(=O)N[C@@H](CC(=O)O)C(=O)N[C@@H](Cc1ccc(O)cc1)C(=O)O. The number of carboxylic acids is 2. The number of imidazole rings is 1. The van der Waals surface area contributed by atoms with E-state index in [4.69, 9.17) is 5.73 Å². The first-order valence-corrected chi connectivity index (χ1v) is 16.4. The number of carbonyl (C=O) groups excluding carboxylic acids is 5. The van der Waals surface area contributed by atoms with Crippen LogP contribution in [0.15, 0.2) is 36.8 Å². The standard InChI is InChI=1S/C33H48N8O10/c1-5-18(4)28(41-26(43)14-34)32(49)39-22(10-17(2)3)29(46)37-23(12-20-15-35-16-36-20)30(47)38-24(13-27(44)45)31(48)40-25(33(50)51)11-19-6-8-21(42)9-7-19/h6-9,15-18,22-25,28,42H,5,10-14,34H2,1-4H3,(H,35,36)(H,37,46)(H,38,47)(H,39,49)(H,40,48)(H,41,43)(H,44,45)(H,50,51)/t18-,22-,23-,24-,25-,28-/m0/s1. The van der Waals surface area contributed by atoms with Gasteiger partial charge in [-0.15, -0.1) is 0 Å². The van der Waals surface area contributed by atoms with Crippen LogP contribution in [0.3, 0.4) is 0 Å². The number of phenolic OH excluding ortho intramolecular Hbond substituents is 1. The quantitative estimate of drug-likeness (QED) is 0.0739. The number of hydrogen-bond donors (Lipinski definition) is 10. The molecule has 0 radical (unpaired) electrons. The fourth-order valence-electron chi connectivity index (χ4n) is 4.99. The van der Waals surface area contributed by atoms with Crippen LogP contribution in [-0.4, -0.2) is 104 Å². The molecular weight excluding hydrogens is 668 g/mol. The summed E-state index contributed by atoms with van der Waals surface area (Å²) >= 11 is 0. The van der Waals surface area contributed by atoms with Gasteiger partial charge in [-0.2, -0.15) is 0 Å². The number of aliphatic carboxylic acids is 2. The summed E-state index contributed by atoms with van der Waals surface area (Å²) in [5, 5.41) is 41.2. The maximum atomic E-state index is 13.7. The molecule has 0 saturated heterocycles. The molecule has 6 atom stereocenters. The van der Waals surface area contributed by atoms with E-state index < -0.39 is 78.1 Å². The van der Waals surface area contributed by atoms with E-state index in [1.165, 1.54) is 36.8 Å². The average molecular weight is 717 g/mol. The van der Waals surface area contributed by atoms with Crippen molar-refractivity contribution in [2.75, 3.05) is 6.54 Å². The Balaban J connectivity index is 2.33. The lowest BCUT2D eigenvalue weighted by Crippen LogP contribution is -2.60. The number of H-pyrrole nitrogens is 1. The molecule has 51 heavy (non-hydrogen) atoms. The zero-order valence-corrected chi connectivity index (χ0v) is 29.0. The van der Waals surface area contributed by atoms with E-state index in [0.717, 1.165) is 0 Å². The number of nitrogens with zero attached hydrogens (tertiary/aromatic N) is 1. The summed E-state index contributed by atoms with van der Waals surface area (Å²) in [7, 11) is 0. The van der Waals surface area contributed by atoms with E-state index in [-0.39, 0.29) is 43.4 Å².